The lowest BCUT2D eigenvalue weighted by atomic mass is 10.1. The van der Waals surface area contributed by atoms with Crippen molar-refractivity contribution in [3.05, 3.63) is 210 Å². The van der Waals surface area contributed by atoms with Crippen molar-refractivity contribution in [3.63, 3.8) is 0 Å². The number of nitrogens with one attached hydrogen (secondary N) is 1. The number of fused-ring (bicyclic) bond motifs is 6. The van der Waals surface area contributed by atoms with Gasteiger partial charge in [-0.1, -0.05) is 72.8 Å². The number of nitrogens with zero attached hydrogens (tertiary/aromatic N) is 5. The summed E-state index contributed by atoms with van der Waals surface area (Å²) in [6.07, 6.45) is 2.43. The number of phenolic OH excluding ortho intramolecular Hbond substituents is 1. The lowest BCUT2D eigenvalue weighted by molar-refractivity contribution is -0.119. The van der Waals surface area contributed by atoms with Crippen LogP contribution in [0.1, 0.15) is 35.1 Å². The molecule has 0 aliphatic heterocycles. The second kappa shape index (κ2) is 21.3. The Kier molecular flexibility index (Phi) is 14.4. The number of benzene rings is 6. The van der Waals surface area contributed by atoms with Crippen molar-refractivity contribution >= 4 is 55.2 Å². The van der Waals surface area contributed by atoms with E-state index in [0.29, 0.717) is 62.3 Å². The molecule has 0 radical (unpaired) electrons. The zero-order chi connectivity index (χ0) is 52.2. The number of phenols is 1. The van der Waals surface area contributed by atoms with Crippen molar-refractivity contribution in [3.8, 4) is 17.2 Å². The first-order chi connectivity index (χ1) is 35.6. The summed E-state index contributed by atoms with van der Waals surface area (Å²) in [4.78, 5) is 63.9. The number of halogens is 4. The number of hydrogen-bond acceptors (Lipinski definition) is 9. The van der Waals surface area contributed by atoms with Gasteiger partial charge in [0.2, 0.25) is 5.43 Å². The van der Waals surface area contributed by atoms with E-state index in [0.717, 1.165) is 35.4 Å². The van der Waals surface area contributed by atoms with Crippen molar-refractivity contribution in [1.29, 1.82) is 0 Å². The topological polar surface area (TPSA) is 172 Å². The third kappa shape index (κ3) is 10.6. The molecule has 4 aromatic heterocycles. The number of aromatic hydroxyl groups is 1. The first kappa shape index (κ1) is 49.9. The predicted molar refractivity (Wildman–Crippen MR) is 270 cm³/mol. The Hall–Kier alpha value is -9.06. The molecule has 0 amide bonds. The normalized spacial score (nSPS) is 11.3. The highest BCUT2D eigenvalue weighted by Crippen LogP contribution is 2.36. The van der Waals surface area contributed by atoms with Gasteiger partial charge in [0, 0.05) is 94.1 Å². The fourth-order valence-electron chi connectivity index (χ4n) is 8.86. The van der Waals surface area contributed by atoms with E-state index in [1.807, 2.05) is 66.7 Å². The molecule has 376 valence electrons. The van der Waals surface area contributed by atoms with E-state index in [1.54, 1.807) is 29.5 Å². The van der Waals surface area contributed by atoms with Gasteiger partial charge >= 0.3 is 0 Å². The number of ether oxygens (including phenoxy) is 2. The number of aromatic nitrogens is 6. The number of Topliss-reactive ketones (excluding diaryl/α,β-unsaturated/α-hetero) is 2. The van der Waals surface area contributed by atoms with Crippen LogP contribution < -0.4 is 26.0 Å². The molecular weight excluding hydrogens is 961 g/mol. The molecule has 0 bridgehead atoms. The Labute approximate surface area is 417 Å². The summed E-state index contributed by atoms with van der Waals surface area (Å²) in [5.41, 5.74) is 2.72. The van der Waals surface area contributed by atoms with Gasteiger partial charge in [0.1, 0.15) is 48.0 Å². The highest BCUT2D eigenvalue weighted by Gasteiger charge is 2.21. The number of aromatic amines is 1. The van der Waals surface area contributed by atoms with Crippen LogP contribution >= 0.6 is 0 Å². The minimum atomic E-state index is -0.807. The largest absolute Gasteiger partial charge is 0.504 e. The molecule has 10 rings (SSSR count). The molecule has 0 aliphatic carbocycles. The van der Waals surface area contributed by atoms with Gasteiger partial charge < -0.3 is 28.8 Å². The number of rotatable bonds is 16. The van der Waals surface area contributed by atoms with Gasteiger partial charge in [0.05, 0.1) is 39.0 Å². The fourth-order valence-corrected chi connectivity index (χ4v) is 8.86. The first-order valence-electron chi connectivity index (χ1n) is 23.3. The number of hydrogen-bond donors (Lipinski definition) is 2. The minimum absolute atomic E-state index is 0.0357. The molecule has 74 heavy (non-hydrogen) atoms. The third-order valence-electron chi connectivity index (χ3n) is 12.6. The van der Waals surface area contributed by atoms with Gasteiger partial charge in [-0.2, -0.15) is 5.10 Å². The van der Waals surface area contributed by atoms with Crippen molar-refractivity contribution in [2.45, 2.75) is 52.0 Å². The molecular formula is C56H46F4N6O8. The number of H-pyrrole nitrogens is 1. The molecule has 18 heteroatoms. The molecule has 0 spiro atoms. The van der Waals surface area contributed by atoms with Gasteiger partial charge in [-0.3, -0.25) is 33.3 Å². The van der Waals surface area contributed by atoms with Gasteiger partial charge in [-0.25, -0.2) is 17.6 Å². The van der Waals surface area contributed by atoms with E-state index >= 15 is 0 Å². The summed E-state index contributed by atoms with van der Waals surface area (Å²) in [5.74, 6) is -3.17. The Morgan fingerprint density at radius 2 is 1.09 bits per heavy atom. The number of carbonyl (C=O) groups is 2. The molecule has 0 atom stereocenters. The summed E-state index contributed by atoms with van der Waals surface area (Å²) in [7, 11) is 3.45. The van der Waals surface area contributed by atoms with Gasteiger partial charge in [-0.05, 0) is 46.5 Å². The lowest BCUT2D eigenvalue weighted by Gasteiger charge is -2.18. The zero-order valence-electron chi connectivity index (χ0n) is 39.9. The van der Waals surface area contributed by atoms with E-state index < -0.39 is 40.0 Å². The SMILES string of the molecule is Cn1[nH]cc2c(=O)n(CCC(=O)Cc3ccc(F)cc3F)c3cc(=O)c(O)cc3c21.Cn1ncc2c(=O)n(CCC(=O)Cc3ccc(F)cc3F)c3cc(OCc4ccccc4)c(OCc4ccccc4)cc3c21. The quantitative estimate of drug-likeness (QED) is 0.0897. The summed E-state index contributed by atoms with van der Waals surface area (Å²) < 4.78 is 72.9. The Balaban J connectivity index is 0.000000195. The van der Waals surface area contributed by atoms with Crippen LogP contribution in [0, 0.1) is 23.3 Å². The minimum Gasteiger partial charge on any atom is -0.504 e. The molecule has 0 saturated heterocycles. The number of aryl methyl sites for hydroxylation is 4. The van der Waals surface area contributed by atoms with Crippen LogP contribution in [0.15, 0.2) is 148 Å². The smallest absolute Gasteiger partial charge is 0.262 e. The molecule has 0 saturated carbocycles. The Morgan fingerprint density at radius 3 is 1.64 bits per heavy atom. The highest BCUT2D eigenvalue weighted by molar-refractivity contribution is 6.05. The average molecular weight is 1010 g/mol. The number of ketones is 2. The van der Waals surface area contributed by atoms with Crippen molar-refractivity contribution in [1.82, 2.24) is 28.7 Å². The van der Waals surface area contributed by atoms with Gasteiger partial charge in [-0.15, -0.1) is 0 Å². The summed E-state index contributed by atoms with van der Waals surface area (Å²) >= 11 is 0. The van der Waals surface area contributed by atoms with E-state index in [9.17, 15) is 46.6 Å². The maximum atomic E-state index is 14.2. The predicted octanol–water partition coefficient (Wildman–Crippen LogP) is 8.89. The molecule has 0 fully saturated rings. The van der Waals surface area contributed by atoms with Crippen LogP contribution in [0.25, 0.3) is 43.6 Å². The second-order valence-electron chi connectivity index (χ2n) is 17.6. The molecule has 2 N–H and O–H groups in total. The van der Waals surface area contributed by atoms with Crippen LogP contribution in [-0.4, -0.2) is 45.4 Å². The van der Waals surface area contributed by atoms with Crippen molar-refractivity contribution < 1.29 is 41.7 Å². The molecule has 6 aromatic carbocycles. The van der Waals surface area contributed by atoms with Crippen LogP contribution in [0.2, 0.25) is 0 Å². The summed E-state index contributed by atoms with van der Waals surface area (Å²) in [6, 6.07) is 31.6. The molecule has 14 nitrogen and oxygen atoms in total. The summed E-state index contributed by atoms with van der Waals surface area (Å²) in [6.45, 7) is 0.584. The standard InChI is InChI=1S/C35H29F2N3O4.C21H17F2N3O4/c1-39-34-28-18-32(43-21-23-8-4-2-5-9-23)33(44-22-24-10-6-3-7-11-24)19-31(28)40(35(42)29(34)20-38-39)15-14-27(41)16-25-12-13-26(36)17-30(25)37;1-25-20-14-8-18(28)19(29)9-17(14)26(21(30)15(20)10-24-25)5-4-13(27)6-11-2-3-12(22)7-16(11)23/h2-13,17-20H,14-16,21-22H2,1H3;2-3,7-10,24,28H,4-6H2,1H3. The average Bonchev–Trinajstić information content (AvgIpc) is 3.98. The van der Waals surface area contributed by atoms with Gasteiger partial charge in [0.25, 0.3) is 11.1 Å². The monoisotopic (exact) mass is 1010 g/mol. The van der Waals surface area contributed by atoms with Crippen molar-refractivity contribution in [2.75, 3.05) is 0 Å². The van der Waals surface area contributed by atoms with Crippen LogP contribution in [0.4, 0.5) is 17.6 Å². The van der Waals surface area contributed by atoms with Gasteiger partial charge in [0.15, 0.2) is 17.2 Å². The maximum absolute atomic E-state index is 14.2. The van der Waals surface area contributed by atoms with Crippen LogP contribution in [0.5, 0.6) is 17.2 Å². The van der Waals surface area contributed by atoms with E-state index in [-0.39, 0.29) is 79.1 Å². The second-order valence-corrected chi connectivity index (χ2v) is 17.6. The molecule has 0 unspecified atom stereocenters. The van der Waals surface area contributed by atoms with Crippen LogP contribution in [0.3, 0.4) is 0 Å². The highest BCUT2D eigenvalue weighted by atomic mass is 19.1. The number of pyridine rings is 2. The van der Waals surface area contributed by atoms with Crippen LogP contribution in [-0.2, 0) is 62.8 Å². The Bertz CT molecular complexity index is 3960. The molecule has 4 heterocycles. The first-order valence-corrected chi connectivity index (χ1v) is 23.3. The van der Waals surface area contributed by atoms with E-state index in [2.05, 4.69) is 10.2 Å². The van der Waals surface area contributed by atoms with E-state index in [1.165, 1.54) is 39.7 Å². The maximum Gasteiger partial charge on any atom is 0.262 e. The zero-order valence-corrected chi connectivity index (χ0v) is 39.9. The number of carbonyl (C=O) groups excluding carboxylic acids is 2. The van der Waals surface area contributed by atoms with E-state index in [4.69, 9.17) is 9.47 Å². The third-order valence-corrected chi connectivity index (χ3v) is 12.6. The fraction of sp³-hybridized carbons (Fsp3) is 0.179. The molecule has 10 aromatic rings. The lowest BCUT2D eigenvalue weighted by Crippen LogP contribution is -2.23. The molecule has 0 aliphatic rings. The Morgan fingerprint density at radius 1 is 0.595 bits per heavy atom. The van der Waals surface area contributed by atoms with Crippen molar-refractivity contribution in [2.24, 2.45) is 14.1 Å². The summed E-state index contributed by atoms with van der Waals surface area (Å²) in [5, 5.41) is 19.0.